The van der Waals surface area contributed by atoms with E-state index >= 15 is 0 Å². The van der Waals surface area contributed by atoms with Crippen LogP contribution in [0.15, 0.2) is 24.3 Å². The summed E-state index contributed by atoms with van der Waals surface area (Å²) in [6.07, 6.45) is 0. The van der Waals surface area contributed by atoms with Gasteiger partial charge in [-0.3, -0.25) is 4.79 Å². The van der Waals surface area contributed by atoms with Gasteiger partial charge in [-0.05, 0) is 24.6 Å². The molecule has 0 atom stereocenters. The van der Waals surface area contributed by atoms with E-state index in [1.54, 1.807) is 25.1 Å². The van der Waals surface area contributed by atoms with Crippen LogP contribution < -0.4 is 5.73 Å². The number of nitrogen functional groups attached to an aromatic ring is 1. The Morgan fingerprint density at radius 1 is 1.00 bits per heavy atom. The van der Waals surface area contributed by atoms with E-state index in [2.05, 4.69) is 0 Å². The maximum absolute atomic E-state index is 12.6. The molecule has 0 spiro atoms. The molecular formula is C14H9Cl4NO. The molecule has 0 aliphatic heterocycles. The fourth-order valence-electron chi connectivity index (χ4n) is 1.90. The Hall–Kier alpha value is -0.930. The number of ketones is 1. The molecule has 0 unspecified atom stereocenters. The maximum atomic E-state index is 12.6. The van der Waals surface area contributed by atoms with Gasteiger partial charge in [0.1, 0.15) is 0 Å². The molecule has 0 bridgehead atoms. The molecule has 20 heavy (non-hydrogen) atoms. The fourth-order valence-corrected chi connectivity index (χ4v) is 2.98. The van der Waals surface area contributed by atoms with Crippen LogP contribution in [0.25, 0.3) is 0 Å². The van der Waals surface area contributed by atoms with Gasteiger partial charge in [-0.25, -0.2) is 0 Å². The highest BCUT2D eigenvalue weighted by atomic mass is 35.5. The summed E-state index contributed by atoms with van der Waals surface area (Å²) >= 11 is 24.0. The minimum Gasteiger partial charge on any atom is -0.398 e. The van der Waals surface area contributed by atoms with Crippen LogP contribution in [-0.4, -0.2) is 5.78 Å². The van der Waals surface area contributed by atoms with Crippen molar-refractivity contribution < 1.29 is 4.79 Å². The van der Waals surface area contributed by atoms with Crippen LogP contribution in [0.4, 0.5) is 5.69 Å². The zero-order chi connectivity index (χ0) is 15.0. The predicted octanol–water partition coefficient (Wildman–Crippen LogP) is 5.42. The lowest BCUT2D eigenvalue weighted by atomic mass is 9.97. The summed E-state index contributed by atoms with van der Waals surface area (Å²) in [5.41, 5.74) is 7.40. The van der Waals surface area contributed by atoms with Crippen LogP contribution in [0, 0.1) is 6.92 Å². The minimum atomic E-state index is -0.380. The first-order valence-electron chi connectivity index (χ1n) is 5.57. The minimum absolute atomic E-state index is 0.0248. The van der Waals surface area contributed by atoms with Gasteiger partial charge < -0.3 is 5.73 Å². The third-order valence-corrected chi connectivity index (χ3v) is 4.43. The number of anilines is 1. The third-order valence-electron chi connectivity index (χ3n) is 2.87. The molecule has 0 fully saturated rings. The van der Waals surface area contributed by atoms with Crippen LogP contribution in [0.2, 0.25) is 20.1 Å². The van der Waals surface area contributed by atoms with E-state index in [4.69, 9.17) is 52.1 Å². The first-order chi connectivity index (χ1) is 9.34. The van der Waals surface area contributed by atoms with E-state index < -0.39 is 0 Å². The number of hydrogen-bond acceptors (Lipinski definition) is 2. The van der Waals surface area contributed by atoms with Crippen molar-refractivity contribution in [3.8, 4) is 0 Å². The monoisotopic (exact) mass is 347 g/mol. The molecule has 0 heterocycles. The van der Waals surface area contributed by atoms with Crippen molar-refractivity contribution in [3.05, 3.63) is 61.0 Å². The normalized spacial score (nSPS) is 10.7. The summed E-state index contributed by atoms with van der Waals surface area (Å²) in [6.45, 7) is 1.78. The van der Waals surface area contributed by atoms with Crippen LogP contribution >= 0.6 is 46.4 Å². The molecule has 0 aliphatic rings. The zero-order valence-electron chi connectivity index (χ0n) is 10.3. The second kappa shape index (κ2) is 5.82. The molecule has 0 aliphatic carbocycles. The number of halogens is 4. The van der Waals surface area contributed by atoms with E-state index in [1.165, 1.54) is 6.07 Å². The SMILES string of the molecule is Cc1cccc(N)c1C(=O)c1c(Cl)cc(Cl)c(Cl)c1Cl. The van der Waals surface area contributed by atoms with Crippen molar-refractivity contribution in [1.29, 1.82) is 0 Å². The lowest BCUT2D eigenvalue weighted by Gasteiger charge is -2.12. The maximum Gasteiger partial charge on any atom is 0.198 e. The lowest BCUT2D eigenvalue weighted by Crippen LogP contribution is -2.09. The first-order valence-corrected chi connectivity index (χ1v) is 7.08. The third kappa shape index (κ3) is 2.61. The van der Waals surface area contributed by atoms with E-state index in [0.717, 1.165) is 5.56 Å². The molecular weight excluding hydrogens is 340 g/mol. The van der Waals surface area contributed by atoms with E-state index in [-0.39, 0.29) is 31.4 Å². The summed E-state index contributed by atoms with van der Waals surface area (Å²) in [5, 5.41) is 0.443. The molecule has 0 saturated heterocycles. The molecule has 2 rings (SSSR count). The summed E-state index contributed by atoms with van der Waals surface area (Å²) in [5.74, 6) is -0.380. The second-order valence-electron chi connectivity index (χ2n) is 4.21. The lowest BCUT2D eigenvalue weighted by molar-refractivity contribution is 0.103. The highest BCUT2D eigenvalue weighted by Crippen LogP contribution is 2.39. The molecule has 0 aromatic heterocycles. The van der Waals surface area contributed by atoms with Crippen LogP contribution in [0.3, 0.4) is 0 Å². The number of aryl methyl sites for hydroxylation is 1. The van der Waals surface area contributed by atoms with Crippen molar-refractivity contribution in [1.82, 2.24) is 0 Å². The van der Waals surface area contributed by atoms with Crippen LogP contribution in [0.5, 0.6) is 0 Å². The standard InChI is InChI=1S/C14H9Cl4NO/c1-6-3-2-4-9(19)10(6)14(20)11-7(15)5-8(16)12(17)13(11)18/h2-5H,19H2,1H3. The Morgan fingerprint density at radius 2 is 1.65 bits per heavy atom. The van der Waals surface area contributed by atoms with Gasteiger partial charge in [0.25, 0.3) is 0 Å². The zero-order valence-corrected chi connectivity index (χ0v) is 13.3. The molecule has 2 aromatic rings. The fraction of sp³-hybridized carbons (Fsp3) is 0.0714. The van der Waals surface area contributed by atoms with Gasteiger partial charge in [0.05, 0.1) is 25.7 Å². The number of carbonyl (C=O) groups is 1. The summed E-state index contributed by atoms with van der Waals surface area (Å²) < 4.78 is 0. The van der Waals surface area contributed by atoms with Gasteiger partial charge >= 0.3 is 0 Å². The smallest absolute Gasteiger partial charge is 0.198 e. The Bertz CT molecular complexity index is 693. The van der Waals surface area contributed by atoms with Crippen LogP contribution in [-0.2, 0) is 0 Å². The number of hydrogen-bond donors (Lipinski definition) is 1. The Balaban J connectivity index is 2.70. The predicted molar refractivity (Wildman–Crippen MR) is 85.5 cm³/mol. The molecule has 0 saturated carbocycles. The van der Waals surface area contributed by atoms with Gasteiger partial charge in [0.15, 0.2) is 5.78 Å². The summed E-state index contributed by atoms with van der Waals surface area (Å²) in [4.78, 5) is 12.6. The second-order valence-corrected chi connectivity index (χ2v) is 5.78. The largest absolute Gasteiger partial charge is 0.398 e. The summed E-state index contributed by atoms with van der Waals surface area (Å²) in [6, 6.07) is 6.57. The van der Waals surface area contributed by atoms with Crippen molar-refractivity contribution in [2.24, 2.45) is 0 Å². The number of carbonyl (C=O) groups excluding carboxylic acids is 1. The average Bonchev–Trinajstić information content (AvgIpc) is 2.36. The Labute approximate surface area is 136 Å². The molecule has 0 amide bonds. The van der Waals surface area contributed by atoms with E-state index in [0.29, 0.717) is 11.3 Å². The number of nitrogens with two attached hydrogens (primary N) is 1. The quantitative estimate of drug-likeness (QED) is 0.340. The average molecular weight is 349 g/mol. The Morgan fingerprint density at radius 3 is 2.25 bits per heavy atom. The van der Waals surface area contributed by atoms with Gasteiger partial charge in [-0.15, -0.1) is 0 Å². The van der Waals surface area contributed by atoms with Gasteiger partial charge in [0.2, 0.25) is 0 Å². The first kappa shape index (κ1) is 15.5. The molecule has 0 radical (unpaired) electrons. The molecule has 104 valence electrons. The number of rotatable bonds is 2. The van der Waals surface area contributed by atoms with E-state index in [1.807, 2.05) is 0 Å². The molecule has 6 heteroatoms. The van der Waals surface area contributed by atoms with Gasteiger partial charge in [-0.2, -0.15) is 0 Å². The topological polar surface area (TPSA) is 43.1 Å². The highest BCUT2D eigenvalue weighted by molar-refractivity contribution is 6.51. The molecule has 2 N–H and O–H groups in total. The van der Waals surface area contributed by atoms with E-state index in [9.17, 15) is 4.79 Å². The van der Waals surface area contributed by atoms with Crippen molar-refractivity contribution in [2.45, 2.75) is 6.92 Å². The summed E-state index contributed by atoms with van der Waals surface area (Å²) in [7, 11) is 0. The van der Waals surface area contributed by atoms with Crippen molar-refractivity contribution >= 4 is 57.9 Å². The highest BCUT2D eigenvalue weighted by Gasteiger charge is 2.23. The van der Waals surface area contributed by atoms with Crippen LogP contribution in [0.1, 0.15) is 21.5 Å². The van der Waals surface area contributed by atoms with Crippen molar-refractivity contribution in [2.75, 3.05) is 5.73 Å². The van der Waals surface area contributed by atoms with Gasteiger partial charge in [0, 0.05) is 11.3 Å². The number of benzene rings is 2. The molecule has 2 nitrogen and oxygen atoms in total. The molecule has 2 aromatic carbocycles. The van der Waals surface area contributed by atoms with Crippen molar-refractivity contribution in [3.63, 3.8) is 0 Å². The Kier molecular flexibility index (Phi) is 4.50. The van der Waals surface area contributed by atoms with Gasteiger partial charge in [-0.1, -0.05) is 58.5 Å².